The van der Waals surface area contributed by atoms with Gasteiger partial charge in [0.2, 0.25) is 0 Å². The largest absolute Gasteiger partial charge is 0.508 e. The summed E-state index contributed by atoms with van der Waals surface area (Å²) >= 11 is 0. The Morgan fingerprint density at radius 2 is 2.05 bits per heavy atom. The molecule has 0 aliphatic heterocycles. The number of hydrazine groups is 1. The van der Waals surface area contributed by atoms with Crippen LogP contribution in [0.1, 0.15) is 37.0 Å². The van der Waals surface area contributed by atoms with Crippen LogP contribution in [0.3, 0.4) is 0 Å². The SMILES string of the molecule is CC1(C)CC(=O)C=C(NNC(=O)c2cccc(O)c2)C1. The fraction of sp³-hybridized carbons (Fsp3) is 0.333. The highest BCUT2D eigenvalue weighted by atomic mass is 16.3. The molecule has 0 bridgehead atoms. The van der Waals surface area contributed by atoms with Crippen LogP contribution in [0.25, 0.3) is 0 Å². The summed E-state index contributed by atoms with van der Waals surface area (Å²) in [5.74, 6) is -0.279. The summed E-state index contributed by atoms with van der Waals surface area (Å²) in [5.41, 5.74) is 6.25. The standard InChI is InChI=1S/C15H18N2O3/c1-15(2)8-11(7-13(19)9-15)16-17-14(20)10-4-3-5-12(18)6-10/h3-7,16,18H,8-9H2,1-2H3,(H,17,20). The molecular weight excluding hydrogens is 256 g/mol. The maximum atomic E-state index is 11.9. The molecule has 0 aromatic heterocycles. The molecule has 106 valence electrons. The molecule has 20 heavy (non-hydrogen) atoms. The third-order valence-corrected chi connectivity index (χ3v) is 3.10. The number of rotatable bonds is 3. The van der Waals surface area contributed by atoms with Crippen LogP contribution in [0.4, 0.5) is 0 Å². The number of phenolic OH excluding ortho intramolecular Hbond substituents is 1. The van der Waals surface area contributed by atoms with Crippen LogP contribution in [0.2, 0.25) is 0 Å². The molecule has 0 radical (unpaired) electrons. The maximum Gasteiger partial charge on any atom is 0.269 e. The number of benzene rings is 1. The molecule has 0 fully saturated rings. The number of carbonyl (C=O) groups excluding carboxylic acids is 2. The number of aromatic hydroxyl groups is 1. The number of ketones is 1. The Balaban J connectivity index is 1.99. The Morgan fingerprint density at radius 1 is 1.30 bits per heavy atom. The molecule has 0 saturated carbocycles. The van der Waals surface area contributed by atoms with Gasteiger partial charge >= 0.3 is 0 Å². The first kappa shape index (κ1) is 14.1. The normalized spacial score (nSPS) is 17.3. The Hall–Kier alpha value is -2.30. The van der Waals surface area contributed by atoms with Crippen molar-refractivity contribution >= 4 is 11.7 Å². The Morgan fingerprint density at radius 3 is 2.70 bits per heavy atom. The monoisotopic (exact) mass is 274 g/mol. The van der Waals surface area contributed by atoms with E-state index in [-0.39, 0.29) is 22.9 Å². The number of hydrogen-bond acceptors (Lipinski definition) is 4. The average Bonchev–Trinajstić information content (AvgIpc) is 2.33. The lowest BCUT2D eigenvalue weighted by atomic mass is 9.79. The second-order valence-electron chi connectivity index (χ2n) is 5.78. The second kappa shape index (κ2) is 5.36. The van der Waals surface area contributed by atoms with E-state index in [0.29, 0.717) is 24.1 Å². The molecule has 0 saturated heterocycles. The van der Waals surface area contributed by atoms with Gasteiger partial charge in [0.1, 0.15) is 5.75 Å². The van der Waals surface area contributed by atoms with Gasteiger partial charge < -0.3 is 10.5 Å². The lowest BCUT2D eigenvalue weighted by Gasteiger charge is -2.29. The van der Waals surface area contributed by atoms with E-state index >= 15 is 0 Å². The molecule has 5 heteroatoms. The van der Waals surface area contributed by atoms with Gasteiger partial charge in [-0.05, 0) is 30.0 Å². The minimum atomic E-state index is -0.363. The van der Waals surface area contributed by atoms with Gasteiger partial charge in [-0.25, -0.2) is 0 Å². The summed E-state index contributed by atoms with van der Waals surface area (Å²) < 4.78 is 0. The quantitative estimate of drug-likeness (QED) is 0.736. The highest BCUT2D eigenvalue weighted by Crippen LogP contribution is 2.32. The summed E-state index contributed by atoms with van der Waals surface area (Å²) in [4.78, 5) is 23.5. The number of hydrogen-bond donors (Lipinski definition) is 3. The van der Waals surface area contributed by atoms with Crippen LogP contribution >= 0.6 is 0 Å². The second-order valence-corrected chi connectivity index (χ2v) is 5.78. The fourth-order valence-electron chi connectivity index (χ4n) is 2.28. The summed E-state index contributed by atoms with van der Waals surface area (Å²) in [7, 11) is 0. The van der Waals surface area contributed by atoms with Crippen LogP contribution in [0.15, 0.2) is 36.0 Å². The molecule has 1 aliphatic rings. The van der Waals surface area contributed by atoms with Crippen molar-refractivity contribution < 1.29 is 14.7 Å². The van der Waals surface area contributed by atoms with Crippen molar-refractivity contribution in [1.29, 1.82) is 0 Å². The maximum absolute atomic E-state index is 11.9. The minimum Gasteiger partial charge on any atom is -0.508 e. The average molecular weight is 274 g/mol. The van der Waals surface area contributed by atoms with Gasteiger partial charge in [-0.1, -0.05) is 19.9 Å². The first-order valence-corrected chi connectivity index (χ1v) is 6.44. The molecule has 0 heterocycles. The van der Waals surface area contributed by atoms with Gasteiger partial charge in [0.15, 0.2) is 5.78 Å². The van der Waals surface area contributed by atoms with Crippen LogP contribution in [0.5, 0.6) is 5.75 Å². The van der Waals surface area contributed by atoms with E-state index in [1.807, 2.05) is 13.8 Å². The summed E-state index contributed by atoms with van der Waals surface area (Å²) in [6.07, 6.45) is 2.73. The highest BCUT2D eigenvalue weighted by molar-refractivity contribution is 5.94. The van der Waals surface area contributed by atoms with E-state index in [9.17, 15) is 14.7 Å². The van der Waals surface area contributed by atoms with E-state index in [0.717, 1.165) is 0 Å². The fourth-order valence-corrected chi connectivity index (χ4v) is 2.28. The van der Waals surface area contributed by atoms with Crippen LogP contribution in [-0.2, 0) is 4.79 Å². The predicted octanol–water partition coefficient (Wildman–Crippen LogP) is 1.90. The van der Waals surface area contributed by atoms with E-state index in [4.69, 9.17) is 0 Å². The predicted molar refractivity (Wildman–Crippen MR) is 74.8 cm³/mol. The summed E-state index contributed by atoms with van der Waals surface area (Å²) in [6.45, 7) is 4.02. The van der Waals surface area contributed by atoms with Gasteiger partial charge in [0.05, 0.1) is 0 Å². The van der Waals surface area contributed by atoms with Gasteiger partial charge in [-0.15, -0.1) is 0 Å². The zero-order valence-electron chi connectivity index (χ0n) is 11.6. The number of amides is 1. The van der Waals surface area contributed by atoms with Crippen molar-refractivity contribution in [3.05, 3.63) is 41.6 Å². The molecular formula is C15H18N2O3. The first-order chi connectivity index (χ1) is 9.35. The van der Waals surface area contributed by atoms with E-state index in [1.165, 1.54) is 18.2 Å². The molecule has 2 rings (SSSR count). The summed E-state index contributed by atoms with van der Waals surface area (Å²) in [5, 5.41) is 9.33. The Bertz CT molecular complexity index is 576. The number of nitrogens with one attached hydrogen (secondary N) is 2. The van der Waals surface area contributed by atoms with Gasteiger partial charge in [-0.3, -0.25) is 15.0 Å². The van der Waals surface area contributed by atoms with Gasteiger partial charge in [-0.2, -0.15) is 0 Å². The Kier molecular flexibility index (Phi) is 3.79. The molecule has 3 N–H and O–H groups in total. The number of phenols is 1. The number of carbonyl (C=O) groups is 2. The van der Waals surface area contributed by atoms with E-state index in [1.54, 1.807) is 12.1 Å². The minimum absolute atomic E-state index is 0.0332. The number of allylic oxidation sites excluding steroid dienone is 2. The zero-order valence-corrected chi connectivity index (χ0v) is 11.6. The van der Waals surface area contributed by atoms with E-state index < -0.39 is 0 Å². The van der Waals surface area contributed by atoms with Crippen molar-refractivity contribution in [2.75, 3.05) is 0 Å². The molecule has 0 unspecified atom stereocenters. The topological polar surface area (TPSA) is 78.4 Å². The zero-order chi connectivity index (χ0) is 14.8. The lowest BCUT2D eigenvalue weighted by Crippen LogP contribution is -2.39. The van der Waals surface area contributed by atoms with Crippen LogP contribution in [0, 0.1) is 5.41 Å². The van der Waals surface area contributed by atoms with Crippen molar-refractivity contribution in [3.63, 3.8) is 0 Å². The Labute approximate surface area is 117 Å². The van der Waals surface area contributed by atoms with Gasteiger partial charge in [0.25, 0.3) is 5.91 Å². The van der Waals surface area contributed by atoms with Crippen molar-refractivity contribution in [2.45, 2.75) is 26.7 Å². The van der Waals surface area contributed by atoms with Crippen LogP contribution in [-0.4, -0.2) is 16.8 Å². The lowest BCUT2D eigenvalue weighted by molar-refractivity contribution is -0.117. The third-order valence-electron chi connectivity index (χ3n) is 3.10. The molecule has 0 atom stereocenters. The van der Waals surface area contributed by atoms with Crippen molar-refractivity contribution in [3.8, 4) is 5.75 Å². The van der Waals surface area contributed by atoms with Gasteiger partial charge in [0, 0.05) is 23.8 Å². The highest BCUT2D eigenvalue weighted by Gasteiger charge is 2.27. The molecule has 1 amide bonds. The van der Waals surface area contributed by atoms with Crippen LogP contribution < -0.4 is 10.9 Å². The molecule has 1 aromatic rings. The van der Waals surface area contributed by atoms with E-state index in [2.05, 4.69) is 10.9 Å². The third kappa shape index (κ3) is 3.60. The van der Waals surface area contributed by atoms with Crippen molar-refractivity contribution in [1.82, 2.24) is 10.9 Å². The smallest absolute Gasteiger partial charge is 0.269 e. The molecule has 1 aliphatic carbocycles. The molecule has 0 spiro atoms. The molecule has 1 aromatic carbocycles. The van der Waals surface area contributed by atoms with Crippen molar-refractivity contribution in [2.24, 2.45) is 5.41 Å². The molecule has 5 nitrogen and oxygen atoms in total. The summed E-state index contributed by atoms with van der Waals surface area (Å²) in [6, 6.07) is 6.06. The first-order valence-electron chi connectivity index (χ1n) is 6.44.